The SMILES string of the molecule is CCc1ccc2c(c1)[C@@H](c1ccc(C(=O)O)cc1)[C@@H]1CCN(CC)C[C@H]21. The molecule has 2 aliphatic rings. The Morgan fingerprint density at radius 1 is 1.12 bits per heavy atom. The number of carboxylic acid groups (broad SMARTS) is 1. The van der Waals surface area contributed by atoms with Gasteiger partial charge in [0.05, 0.1) is 5.56 Å². The lowest BCUT2D eigenvalue weighted by Gasteiger charge is -2.37. The molecule has 3 atom stereocenters. The Bertz CT molecular complexity index is 811. The first-order chi connectivity index (χ1) is 12.6. The molecule has 0 radical (unpaired) electrons. The van der Waals surface area contributed by atoms with Crippen LogP contribution in [-0.2, 0) is 6.42 Å². The topological polar surface area (TPSA) is 40.5 Å². The summed E-state index contributed by atoms with van der Waals surface area (Å²) < 4.78 is 0. The third-order valence-corrected chi connectivity index (χ3v) is 6.44. The van der Waals surface area contributed by atoms with Crippen molar-refractivity contribution in [3.05, 3.63) is 70.3 Å². The predicted molar refractivity (Wildman–Crippen MR) is 104 cm³/mol. The van der Waals surface area contributed by atoms with E-state index in [2.05, 4.69) is 36.9 Å². The van der Waals surface area contributed by atoms with Crippen LogP contribution in [0.15, 0.2) is 42.5 Å². The van der Waals surface area contributed by atoms with Crippen molar-refractivity contribution in [2.45, 2.75) is 38.5 Å². The van der Waals surface area contributed by atoms with Gasteiger partial charge < -0.3 is 10.0 Å². The summed E-state index contributed by atoms with van der Waals surface area (Å²) in [5, 5.41) is 9.21. The number of hydrogen-bond donors (Lipinski definition) is 1. The number of aryl methyl sites for hydroxylation is 1. The standard InChI is InChI=1S/C23H27NO2/c1-3-15-5-10-18-20(13-15)22(16-6-8-17(9-7-16)23(25)26)19-11-12-24(4-2)14-21(18)19/h5-10,13,19,21-22H,3-4,11-12,14H2,1-2H3,(H,25,26)/t19-,21-,22+/m1/s1. The van der Waals surface area contributed by atoms with E-state index in [1.807, 2.05) is 12.1 Å². The van der Waals surface area contributed by atoms with Gasteiger partial charge in [-0.1, -0.05) is 44.2 Å². The molecule has 0 unspecified atom stereocenters. The lowest BCUT2D eigenvalue weighted by Crippen LogP contribution is -2.38. The number of piperidine rings is 1. The second kappa shape index (κ2) is 6.88. The van der Waals surface area contributed by atoms with Crippen LogP contribution < -0.4 is 0 Å². The van der Waals surface area contributed by atoms with Crippen molar-refractivity contribution in [3.63, 3.8) is 0 Å². The number of benzene rings is 2. The third-order valence-electron chi connectivity index (χ3n) is 6.44. The highest BCUT2D eigenvalue weighted by Crippen LogP contribution is 2.53. The minimum Gasteiger partial charge on any atom is -0.478 e. The molecule has 136 valence electrons. The Kier molecular flexibility index (Phi) is 4.58. The van der Waals surface area contributed by atoms with Crippen molar-refractivity contribution < 1.29 is 9.90 Å². The Balaban J connectivity index is 1.77. The molecule has 0 amide bonds. The zero-order chi connectivity index (χ0) is 18.3. The van der Waals surface area contributed by atoms with E-state index in [1.165, 1.54) is 28.7 Å². The van der Waals surface area contributed by atoms with E-state index < -0.39 is 5.97 Å². The monoisotopic (exact) mass is 349 g/mol. The maximum absolute atomic E-state index is 11.2. The first-order valence-corrected chi connectivity index (χ1v) is 9.80. The van der Waals surface area contributed by atoms with Crippen molar-refractivity contribution in [1.82, 2.24) is 4.90 Å². The lowest BCUT2D eigenvalue weighted by molar-refractivity contribution is 0.0697. The largest absolute Gasteiger partial charge is 0.478 e. The van der Waals surface area contributed by atoms with E-state index in [0.717, 1.165) is 26.1 Å². The smallest absolute Gasteiger partial charge is 0.335 e. The predicted octanol–water partition coefficient (Wildman–Crippen LogP) is 4.52. The van der Waals surface area contributed by atoms with Gasteiger partial charge >= 0.3 is 5.97 Å². The number of rotatable bonds is 4. The fourth-order valence-corrected chi connectivity index (χ4v) is 4.99. The van der Waals surface area contributed by atoms with Crippen LogP contribution in [0.2, 0.25) is 0 Å². The molecule has 26 heavy (non-hydrogen) atoms. The summed E-state index contributed by atoms with van der Waals surface area (Å²) in [6, 6.07) is 14.6. The number of likely N-dealkylation sites (tertiary alicyclic amines) is 1. The third kappa shape index (κ3) is 2.84. The summed E-state index contributed by atoms with van der Waals surface area (Å²) in [4.78, 5) is 13.8. The first-order valence-electron chi connectivity index (χ1n) is 9.80. The minimum absolute atomic E-state index is 0.367. The van der Waals surface area contributed by atoms with Crippen LogP contribution in [0.25, 0.3) is 0 Å². The molecule has 1 N–H and O–H groups in total. The second-order valence-electron chi connectivity index (χ2n) is 7.67. The first kappa shape index (κ1) is 17.3. The highest BCUT2D eigenvalue weighted by molar-refractivity contribution is 5.87. The molecule has 3 nitrogen and oxygen atoms in total. The van der Waals surface area contributed by atoms with Crippen LogP contribution in [0.3, 0.4) is 0 Å². The van der Waals surface area contributed by atoms with E-state index in [4.69, 9.17) is 0 Å². The van der Waals surface area contributed by atoms with E-state index in [9.17, 15) is 9.90 Å². The Labute approximate surface area is 155 Å². The molecule has 1 saturated heterocycles. The maximum Gasteiger partial charge on any atom is 0.335 e. The summed E-state index contributed by atoms with van der Waals surface area (Å²) in [5.74, 6) is 0.749. The molecule has 2 aromatic rings. The number of aromatic carboxylic acids is 1. The van der Waals surface area contributed by atoms with Crippen LogP contribution >= 0.6 is 0 Å². The summed E-state index contributed by atoms with van der Waals surface area (Å²) in [6.07, 6.45) is 2.26. The van der Waals surface area contributed by atoms with Crippen LogP contribution in [-0.4, -0.2) is 35.6 Å². The van der Waals surface area contributed by atoms with Gasteiger partial charge in [0, 0.05) is 18.4 Å². The van der Waals surface area contributed by atoms with Crippen LogP contribution in [0.5, 0.6) is 0 Å². The van der Waals surface area contributed by atoms with Crippen molar-refractivity contribution >= 4 is 5.97 Å². The maximum atomic E-state index is 11.2. The fraction of sp³-hybridized carbons (Fsp3) is 0.435. The van der Waals surface area contributed by atoms with Gasteiger partial charge in [0.25, 0.3) is 0 Å². The molecule has 0 saturated carbocycles. The van der Waals surface area contributed by atoms with Crippen molar-refractivity contribution in [2.75, 3.05) is 19.6 Å². The lowest BCUT2D eigenvalue weighted by atomic mass is 9.78. The van der Waals surface area contributed by atoms with E-state index in [-0.39, 0.29) is 0 Å². The Morgan fingerprint density at radius 3 is 2.54 bits per heavy atom. The fourth-order valence-electron chi connectivity index (χ4n) is 4.99. The van der Waals surface area contributed by atoms with Crippen LogP contribution in [0.4, 0.5) is 0 Å². The number of carbonyl (C=O) groups is 1. The molecule has 0 aromatic heterocycles. The van der Waals surface area contributed by atoms with Crippen LogP contribution in [0.1, 0.15) is 64.7 Å². The van der Waals surface area contributed by atoms with Gasteiger partial charge in [0.1, 0.15) is 0 Å². The molecular formula is C23H27NO2. The summed E-state index contributed by atoms with van der Waals surface area (Å²) in [6.45, 7) is 7.88. The van der Waals surface area contributed by atoms with Gasteiger partial charge in [-0.3, -0.25) is 0 Å². The molecule has 0 bridgehead atoms. The molecule has 2 aromatic carbocycles. The zero-order valence-corrected chi connectivity index (χ0v) is 15.6. The summed E-state index contributed by atoms with van der Waals surface area (Å²) in [5.41, 5.74) is 6.01. The van der Waals surface area contributed by atoms with Gasteiger partial charge in [0.15, 0.2) is 0 Å². The van der Waals surface area contributed by atoms with Gasteiger partial charge in [-0.05, 0) is 66.2 Å². The highest BCUT2D eigenvalue weighted by atomic mass is 16.4. The van der Waals surface area contributed by atoms with Crippen molar-refractivity contribution in [1.29, 1.82) is 0 Å². The van der Waals surface area contributed by atoms with Crippen molar-refractivity contribution in [2.24, 2.45) is 5.92 Å². The molecule has 4 rings (SSSR count). The van der Waals surface area contributed by atoms with Gasteiger partial charge in [-0.15, -0.1) is 0 Å². The molecule has 0 spiro atoms. The minimum atomic E-state index is -0.856. The number of carboxylic acids is 1. The van der Waals surface area contributed by atoms with E-state index in [1.54, 1.807) is 12.1 Å². The average molecular weight is 349 g/mol. The molecule has 1 aliphatic heterocycles. The average Bonchev–Trinajstić information content (AvgIpc) is 3.00. The number of likely N-dealkylation sites (N-methyl/N-ethyl adjacent to an activating group) is 1. The van der Waals surface area contributed by atoms with E-state index >= 15 is 0 Å². The number of fused-ring (bicyclic) bond motifs is 3. The molecule has 1 fully saturated rings. The van der Waals surface area contributed by atoms with Gasteiger partial charge in [0.2, 0.25) is 0 Å². The highest BCUT2D eigenvalue weighted by Gasteiger charge is 2.43. The van der Waals surface area contributed by atoms with Gasteiger partial charge in [-0.2, -0.15) is 0 Å². The molecule has 1 heterocycles. The number of nitrogens with zero attached hydrogens (tertiary/aromatic N) is 1. The normalized spacial score (nSPS) is 24.9. The Hall–Kier alpha value is -2.13. The summed E-state index contributed by atoms with van der Waals surface area (Å²) in [7, 11) is 0. The second-order valence-corrected chi connectivity index (χ2v) is 7.67. The molecule has 1 aliphatic carbocycles. The van der Waals surface area contributed by atoms with Gasteiger partial charge in [-0.25, -0.2) is 4.79 Å². The van der Waals surface area contributed by atoms with Crippen molar-refractivity contribution in [3.8, 4) is 0 Å². The summed E-state index contributed by atoms with van der Waals surface area (Å²) >= 11 is 0. The number of hydrogen-bond acceptors (Lipinski definition) is 2. The molecular weight excluding hydrogens is 322 g/mol. The van der Waals surface area contributed by atoms with E-state index in [0.29, 0.717) is 23.3 Å². The Morgan fingerprint density at radius 2 is 1.88 bits per heavy atom. The quantitative estimate of drug-likeness (QED) is 0.882. The zero-order valence-electron chi connectivity index (χ0n) is 15.6. The molecule has 3 heteroatoms. The van der Waals surface area contributed by atoms with Crippen LogP contribution in [0, 0.1) is 5.92 Å².